The third kappa shape index (κ3) is 8.52. The van der Waals surface area contributed by atoms with Crippen LogP contribution in [-0.2, 0) is 14.4 Å². The molecule has 0 spiro atoms. The normalized spacial score (nSPS) is 16.2. The lowest BCUT2D eigenvalue weighted by Gasteiger charge is -2.42. The van der Waals surface area contributed by atoms with E-state index in [9.17, 15) is 23.3 Å². The van der Waals surface area contributed by atoms with Crippen LogP contribution in [0.3, 0.4) is 0 Å². The van der Waals surface area contributed by atoms with E-state index in [1.54, 1.807) is 29.2 Å². The zero-order valence-electron chi connectivity index (χ0n) is 32.0. The Bertz CT molecular complexity index is 1660. The maximum absolute atomic E-state index is 14.5. The second-order valence-electron chi connectivity index (χ2n) is 15.5. The molecule has 2 aromatic carbocycles. The Kier molecular flexibility index (Phi) is 13.0. The second kappa shape index (κ2) is 15.7. The maximum atomic E-state index is 14.5. The number of nitrogens with zero attached hydrogens (tertiary/aromatic N) is 2. The lowest BCUT2D eigenvalue weighted by molar-refractivity contribution is -0.385. The quantitative estimate of drug-likeness (QED) is 0.116. The average Bonchev–Trinajstić information content (AvgIpc) is 3.04. The van der Waals surface area contributed by atoms with Crippen LogP contribution in [0, 0.1) is 10.1 Å². The van der Waals surface area contributed by atoms with Gasteiger partial charge in [-0.15, -0.1) is 0 Å². The molecule has 278 valence electrons. The Hall–Kier alpha value is -3.05. The van der Waals surface area contributed by atoms with Gasteiger partial charge in [-0.25, -0.2) is 13.1 Å². The number of benzene rings is 2. The molecule has 0 bridgehead atoms. The number of hydrogen-bond donors (Lipinski definition) is 1. The van der Waals surface area contributed by atoms with Crippen LogP contribution in [0.1, 0.15) is 84.7 Å². The van der Waals surface area contributed by atoms with E-state index in [2.05, 4.69) is 80.1 Å². The van der Waals surface area contributed by atoms with Gasteiger partial charge in [0.05, 0.1) is 35.6 Å². The van der Waals surface area contributed by atoms with Gasteiger partial charge in [0.2, 0.25) is 10.0 Å². The minimum atomic E-state index is -3.60. The van der Waals surface area contributed by atoms with E-state index >= 15 is 0 Å². The van der Waals surface area contributed by atoms with Crippen molar-refractivity contribution in [3.8, 4) is 11.5 Å². The van der Waals surface area contributed by atoms with Gasteiger partial charge in [0, 0.05) is 12.6 Å². The van der Waals surface area contributed by atoms with Crippen molar-refractivity contribution in [3.05, 3.63) is 63.7 Å². The lowest BCUT2D eigenvalue weighted by Crippen LogP contribution is -2.50. The zero-order chi connectivity index (χ0) is 38.0. The highest BCUT2D eigenvalue weighted by Crippen LogP contribution is 2.46. The summed E-state index contributed by atoms with van der Waals surface area (Å²) < 4.78 is 46.1. The highest BCUT2D eigenvalue weighted by molar-refractivity contribution is 7.89. The molecule has 0 aliphatic carbocycles. The number of hydrogen-bond acceptors (Lipinski definition) is 8. The number of rotatable bonds is 14. The molecule has 14 heteroatoms. The topological polar surface area (TPSA) is 137 Å². The van der Waals surface area contributed by atoms with Crippen molar-refractivity contribution in [2.75, 3.05) is 27.3 Å². The van der Waals surface area contributed by atoms with E-state index in [0.29, 0.717) is 6.42 Å². The first-order valence-corrected chi connectivity index (χ1v) is 23.8. The number of nitro benzene ring substituents is 1. The minimum absolute atomic E-state index is 0.0771. The molecular weight excluding hydrogens is 691 g/mol. The molecule has 2 aromatic rings. The predicted molar refractivity (Wildman–Crippen MR) is 205 cm³/mol. The van der Waals surface area contributed by atoms with E-state index in [1.807, 2.05) is 6.08 Å². The molecule has 50 heavy (non-hydrogen) atoms. The van der Waals surface area contributed by atoms with E-state index in [4.69, 9.17) is 13.6 Å². The Morgan fingerprint density at radius 3 is 2.04 bits per heavy atom. The number of ether oxygens (including phenoxy) is 1. The molecule has 3 rings (SSSR count). The smallest absolute Gasteiger partial charge is 0.286 e. The summed E-state index contributed by atoms with van der Waals surface area (Å²) in [5.41, 5.74) is 1.98. The molecule has 1 amide bonds. The van der Waals surface area contributed by atoms with Gasteiger partial charge in [-0.1, -0.05) is 80.5 Å². The van der Waals surface area contributed by atoms with Crippen LogP contribution < -0.4 is 13.9 Å². The summed E-state index contributed by atoms with van der Waals surface area (Å²) >= 11 is 0. The largest absolute Gasteiger partial charge is 0.540 e. The molecule has 1 N–H and O–H groups in total. The molecule has 1 aliphatic rings. The Morgan fingerprint density at radius 1 is 1.02 bits per heavy atom. The number of carbonyl (C=O) groups excluding carboxylic acids is 1. The summed E-state index contributed by atoms with van der Waals surface area (Å²) in [4.78, 5) is 28.3. The molecule has 1 aliphatic heterocycles. The first-order chi connectivity index (χ1) is 23.0. The van der Waals surface area contributed by atoms with E-state index in [-0.39, 0.29) is 62.5 Å². The molecule has 1 heterocycles. The summed E-state index contributed by atoms with van der Waals surface area (Å²) in [7, 11) is -5.52. The van der Waals surface area contributed by atoms with Crippen LogP contribution in [0.5, 0.6) is 11.5 Å². The summed E-state index contributed by atoms with van der Waals surface area (Å²) in [6, 6.07) is 8.97. The van der Waals surface area contributed by atoms with Gasteiger partial charge in [0.25, 0.3) is 19.9 Å². The van der Waals surface area contributed by atoms with Crippen molar-refractivity contribution in [3.63, 3.8) is 0 Å². The molecule has 0 saturated carbocycles. The van der Waals surface area contributed by atoms with Crippen LogP contribution in [0.15, 0.2) is 47.4 Å². The van der Waals surface area contributed by atoms with Crippen LogP contribution in [-0.4, -0.2) is 74.1 Å². The molecule has 0 unspecified atom stereocenters. The Morgan fingerprint density at radius 2 is 1.58 bits per heavy atom. The molecule has 1 atom stereocenters. The first kappa shape index (κ1) is 41.4. The van der Waals surface area contributed by atoms with Gasteiger partial charge in [-0.05, 0) is 71.5 Å². The summed E-state index contributed by atoms with van der Waals surface area (Å²) in [5, 5.41) is 12.5. The van der Waals surface area contributed by atoms with Gasteiger partial charge in [0.1, 0.15) is 5.56 Å². The van der Waals surface area contributed by atoms with Crippen molar-refractivity contribution in [1.82, 2.24) is 9.62 Å². The highest BCUT2D eigenvalue weighted by Gasteiger charge is 2.48. The highest BCUT2D eigenvalue weighted by atomic mass is 32.2. The predicted octanol–water partition coefficient (Wildman–Crippen LogP) is 8.39. The number of amides is 1. The number of nitro groups is 1. The van der Waals surface area contributed by atoms with Crippen LogP contribution in [0.25, 0.3) is 5.57 Å². The van der Waals surface area contributed by atoms with E-state index < -0.39 is 43.5 Å². The fraction of sp³-hybridized carbons (Fsp3) is 0.583. The number of carbonyl (C=O) groups is 1. The third-order valence-corrected chi connectivity index (χ3v) is 22.6. The van der Waals surface area contributed by atoms with Crippen LogP contribution in [0.4, 0.5) is 5.69 Å². The fourth-order valence-corrected chi connectivity index (χ4v) is 13.8. The molecule has 0 fully saturated rings. The summed E-state index contributed by atoms with van der Waals surface area (Å²) in [6.45, 7) is 23.9. The SMILES string of the molecule is CNS(=O)(=O)c1ccc(C2=CCN(C(=O)c3cc(OC)c(O[Si](C(C)C)(C(C)C)C(C)C)cc3[N+](=O)[O-])[C@H](CO[Si](C)(C)C(C)(C)C)C2)cc1. The van der Waals surface area contributed by atoms with Crippen molar-refractivity contribution in [2.24, 2.45) is 0 Å². The average molecular weight is 748 g/mol. The van der Waals surface area contributed by atoms with Crippen LogP contribution >= 0.6 is 0 Å². The molecule has 0 radical (unpaired) electrons. The lowest BCUT2D eigenvalue weighted by atomic mass is 9.93. The van der Waals surface area contributed by atoms with Gasteiger partial charge in [-0.3, -0.25) is 14.9 Å². The van der Waals surface area contributed by atoms with Gasteiger partial charge in [0.15, 0.2) is 19.8 Å². The number of sulfonamides is 1. The van der Waals surface area contributed by atoms with Gasteiger partial charge >= 0.3 is 0 Å². The molecule has 0 saturated heterocycles. The Labute approximate surface area is 301 Å². The van der Waals surface area contributed by atoms with Crippen molar-refractivity contribution >= 4 is 43.8 Å². The van der Waals surface area contributed by atoms with Crippen molar-refractivity contribution < 1.29 is 31.7 Å². The first-order valence-electron chi connectivity index (χ1n) is 17.3. The van der Waals surface area contributed by atoms with Crippen LogP contribution in [0.2, 0.25) is 34.8 Å². The minimum Gasteiger partial charge on any atom is -0.540 e. The second-order valence-corrected chi connectivity index (χ2v) is 27.6. The van der Waals surface area contributed by atoms with E-state index in [1.165, 1.54) is 26.3 Å². The summed E-state index contributed by atoms with van der Waals surface area (Å²) in [6.07, 6.45) is 2.33. The maximum Gasteiger partial charge on any atom is 0.286 e. The van der Waals surface area contributed by atoms with Gasteiger partial charge < -0.3 is 18.5 Å². The molecule has 11 nitrogen and oxygen atoms in total. The molecule has 0 aromatic heterocycles. The zero-order valence-corrected chi connectivity index (χ0v) is 34.9. The number of nitrogens with one attached hydrogen (secondary N) is 1. The van der Waals surface area contributed by atoms with Gasteiger partial charge in [-0.2, -0.15) is 0 Å². The summed E-state index contributed by atoms with van der Waals surface area (Å²) in [5.74, 6) is 0.0498. The standard InChI is InChI=1S/C36H57N3O8SSi2/c1-24(2)50(25(3)4,26(5)6)47-34-22-32(39(41)42)31(21-33(34)45-11)35(40)38-19-18-28(20-29(38)23-46-49(12,13)36(7,8)9)27-14-16-30(17-15-27)48(43,44)37-10/h14-18,21-22,24-26,29,37H,19-20,23H2,1-13H3/t29-/m0/s1. The monoisotopic (exact) mass is 747 g/mol. The third-order valence-electron chi connectivity index (χ3n) is 10.6. The van der Waals surface area contributed by atoms with Crippen molar-refractivity contribution in [2.45, 2.75) is 114 Å². The van der Waals surface area contributed by atoms with E-state index in [0.717, 1.165) is 11.1 Å². The number of methoxy groups -OCH3 is 1. The fourth-order valence-electron chi connectivity index (χ4n) is 6.73. The Balaban J connectivity index is 2.12. The molecular formula is C36H57N3O8SSi2. The van der Waals surface area contributed by atoms with Crippen molar-refractivity contribution in [1.29, 1.82) is 0 Å².